The Morgan fingerprint density at radius 2 is 1.45 bits per heavy atom. The lowest BCUT2D eigenvalue weighted by molar-refractivity contribution is 0.0216. The quantitative estimate of drug-likeness (QED) is 0.319. The average molecular weight is 403 g/mol. The molecule has 1 unspecified atom stereocenters. The molecule has 0 bridgehead atoms. The average Bonchev–Trinajstić information content (AvgIpc) is 3.04. The zero-order valence-corrected chi connectivity index (χ0v) is 20.9. The van der Waals surface area contributed by atoms with E-state index in [0.29, 0.717) is 5.41 Å². The molecule has 0 nitrogen and oxygen atoms in total. The normalized spacial score (nSPS) is 38.9. The number of unbranched alkanes of at least 4 members (excludes halogenated alkanes) is 2. The van der Waals surface area contributed by atoms with Crippen molar-refractivity contribution < 1.29 is 0 Å². The maximum absolute atomic E-state index is 2.74. The van der Waals surface area contributed by atoms with Crippen molar-refractivity contribution >= 4 is 0 Å². The topological polar surface area (TPSA) is 0 Å². The first-order valence-corrected chi connectivity index (χ1v) is 13.9. The van der Waals surface area contributed by atoms with E-state index in [2.05, 4.69) is 34.6 Å². The molecule has 3 aliphatic rings. The summed E-state index contributed by atoms with van der Waals surface area (Å²) in [7, 11) is 0. The Labute approximate surface area is 184 Å². The van der Waals surface area contributed by atoms with Gasteiger partial charge in [0.1, 0.15) is 0 Å². The molecule has 0 amide bonds. The maximum Gasteiger partial charge on any atom is -0.0264 e. The first-order valence-electron chi connectivity index (χ1n) is 13.9. The molecule has 170 valence electrons. The Balaban J connectivity index is 1.48. The molecule has 0 aliphatic heterocycles. The summed E-state index contributed by atoms with van der Waals surface area (Å²) >= 11 is 0. The lowest BCUT2D eigenvalue weighted by Gasteiger charge is -2.47. The molecule has 29 heavy (non-hydrogen) atoms. The van der Waals surface area contributed by atoms with Gasteiger partial charge in [-0.3, -0.25) is 0 Å². The van der Waals surface area contributed by atoms with E-state index in [-0.39, 0.29) is 0 Å². The van der Waals surface area contributed by atoms with Crippen molar-refractivity contribution in [2.75, 3.05) is 0 Å². The van der Waals surface area contributed by atoms with Gasteiger partial charge >= 0.3 is 0 Å². The smallest absolute Gasteiger partial charge is 0.0264 e. The monoisotopic (exact) mass is 402 g/mol. The van der Waals surface area contributed by atoms with Gasteiger partial charge in [-0.2, -0.15) is 0 Å². The van der Waals surface area contributed by atoms with Gasteiger partial charge in [0.05, 0.1) is 0 Å². The molecule has 3 rings (SSSR count). The van der Waals surface area contributed by atoms with Crippen molar-refractivity contribution in [1.82, 2.24) is 0 Å². The number of hydrogen-bond donors (Lipinski definition) is 0. The van der Waals surface area contributed by atoms with Crippen molar-refractivity contribution in [1.29, 1.82) is 0 Å². The van der Waals surface area contributed by atoms with Gasteiger partial charge < -0.3 is 0 Å². The highest BCUT2D eigenvalue weighted by Crippen LogP contribution is 2.61. The van der Waals surface area contributed by atoms with Crippen LogP contribution in [0.3, 0.4) is 0 Å². The van der Waals surface area contributed by atoms with Gasteiger partial charge in [-0.05, 0) is 78.9 Å². The second-order valence-corrected chi connectivity index (χ2v) is 12.6. The van der Waals surface area contributed by atoms with Crippen molar-refractivity contribution in [3.63, 3.8) is 0 Å². The molecular weight excluding hydrogens is 348 g/mol. The molecule has 3 saturated carbocycles. The van der Waals surface area contributed by atoms with Crippen LogP contribution in [-0.2, 0) is 0 Å². The van der Waals surface area contributed by atoms with Crippen LogP contribution in [0.4, 0.5) is 0 Å². The molecule has 0 heteroatoms. The van der Waals surface area contributed by atoms with Crippen LogP contribution in [0.1, 0.15) is 137 Å². The minimum absolute atomic E-state index is 0.679. The standard InChI is InChI=1S/C29H54/c1-22(2)12-7-6-8-14-24(4)27-19-20-28-26(16-11-21-29(27,28)5)18-17-25-15-10-9-13-23(25)3/h22-28H,6-21H2,1-5H3/t23-,24-,25?,26+,27-,28+,29-/m1/s1. The van der Waals surface area contributed by atoms with E-state index >= 15 is 0 Å². The summed E-state index contributed by atoms with van der Waals surface area (Å²) in [6.45, 7) is 12.6. The second-order valence-electron chi connectivity index (χ2n) is 12.6. The maximum atomic E-state index is 2.74. The number of hydrogen-bond acceptors (Lipinski definition) is 0. The predicted molar refractivity (Wildman–Crippen MR) is 129 cm³/mol. The van der Waals surface area contributed by atoms with Gasteiger partial charge in [0, 0.05) is 0 Å². The number of fused-ring (bicyclic) bond motifs is 1. The van der Waals surface area contributed by atoms with Crippen LogP contribution >= 0.6 is 0 Å². The van der Waals surface area contributed by atoms with E-state index in [0.717, 1.165) is 41.4 Å². The van der Waals surface area contributed by atoms with Gasteiger partial charge in [0.15, 0.2) is 0 Å². The summed E-state index contributed by atoms with van der Waals surface area (Å²) < 4.78 is 0. The largest absolute Gasteiger partial charge is 0.0628 e. The summed E-state index contributed by atoms with van der Waals surface area (Å²) in [6.07, 6.45) is 24.2. The highest BCUT2D eigenvalue weighted by molar-refractivity contribution is 5.01. The lowest BCUT2D eigenvalue weighted by Crippen LogP contribution is -2.39. The summed E-state index contributed by atoms with van der Waals surface area (Å²) in [4.78, 5) is 0. The molecule has 3 aliphatic carbocycles. The minimum atomic E-state index is 0.679. The molecule has 0 N–H and O–H groups in total. The lowest BCUT2D eigenvalue weighted by atomic mass is 9.58. The molecular formula is C29H54. The van der Waals surface area contributed by atoms with E-state index < -0.39 is 0 Å². The van der Waals surface area contributed by atoms with Crippen molar-refractivity contribution in [3.8, 4) is 0 Å². The molecule has 0 saturated heterocycles. The van der Waals surface area contributed by atoms with Crippen molar-refractivity contribution in [3.05, 3.63) is 0 Å². The molecule has 0 aromatic carbocycles. The fraction of sp³-hybridized carbons (Fsp3) is 1.00. The molecule has 0 aromatic heterocycles. The van der Waals surface area contributed by atoms with Gasteiger partial charge in [-0.25, -0.2) is 0 Å². The zero-order valence-electron chi connectivity index (χ0n) is 20.9. The van der Waals surface area contributed by atoms with Crippen LogP contribution < -0.4 is 0 Å². The fourth-order valence-corrected chi connectivity index (χ4v) is 8.31. The van der Waals surface area contributed by atoms with E-state index in [9.17, 15) is 0 Å². The Kier molecular flexibility index (Phi) is 9.01. The zero-order chi connectivity index (χ0) is 20.9. The molecule has 0 aromatic rings. The van der Waals surface area contributed by atoms with Crippen molar-refractivity contribution in [2.24, 2.45) is 46.8 Å². The third-order valence-corrected chi connectivity index (χ3v) is 10.2. The van der Waals surface area contributed by atoms with Gasteiger partial charge in [0.25, 0.3) is 0 Å². The summed E-state index contributed by atoms with van der Waals surface area (Å²) in [5.74, 6) is 7.05. The summed E-state index contributed by atoms with van der Waals surface area (Å²) in [5, 5.41) is 0. The van der Waals surface area contributed by atoms with E-state index in [1.807, 2.05) is 0 Å². The van der Waals surface area contributed by atoms with Crippen LogP contribution in [0.2, 0.25) is 0 Å². The van der Waals surface area contributed by atoms with Crippen molar-refractivity contribution in [2.45, 2.75) is 137 Å². The van der Waals surface area contributed by atoms with Gasteiger partial charge in [0.2, 0.25) is 0 Å². The van der Waals surface area contributed by atoms with Gasteiger partial charge in [-0.1, -0.05) is 105 Å². The predicted octanol–water partition coefficient (Wildman–Crippen LogP) is 9.67. The Morgan fingerprint density at radius 3 is 2.21 bits per heavy atom. The Morgan fingerprint density at radius 1 is 0.759 bits per heavy atom. The SMILES string of the molecule is CC(C)CCCCC[C@@H](C)[C@H]1CC[C@H]2[C@H](CCC3CCCC[C@H]3C)CCC[C@]12C. The highest BCUT2D eigenvalue weighted by atomic mass is 14.6. The molecule has 3 fully saturated rings. The fourth-order valence-electron chi connectivity index (χ4n) is 8.31. The van der Waals surface area contributed by atoms with Crippen LogP contribution in [0.15, 0.2) is 0 Å². The van der Waals surface area contributed by atoms with E-state index in [4.69, 9.17) is 0 Å². The second kappa shape index (κ2) is 11.0. The molecule has 0 radical (unpaired) electrons. The van der Waals surface area contributed by atoms with E-state index in [1.165, 1.54) is 70.6 Å². The first-order chi connectivity index (χ1) is 13.9. The van der Waals surface area contributed by atoms with Crippen LogP contribution in [-0.4, -0.2) is 0 Å². The van der Waals surface area contributed by atoms with Crippen LogP contribution in [0.25, 0.3) is 0 Å². The number of rotatable bonds is 10. The van der Waals surface area contributed by atoms with Gasteiger partial charge in [-0.15, -0.1) is 0 Å². The van der Waals surface area contributed by atoms with E-state index in [1.54, 1.807) is 32.1 Å². The first kappa shape index (κ1) is 23.7. The highest BCUT2D eigenvalue weighted by Gasteiger charge is 2.52. The molecule has 0 spiro atoms. The third-order valence-electron chi connectivity index (χ3n) is 10.2. The minimum Gasteiger partial charge on any atom is -0.0628 e. The van der Waals surface area contributed by atoms with Crippen LogP contribution in [0, 0.1) is 46.8 Å². The molecule has 7 atom stereocenters. The van der Waals surface area contributed by atoms with Crippen LogP contribution in [0.5, 0.6) is 0 Å². The Bertz CT molecular complexity index is 465. The molecule has 0 heterocycles. The Hall–Kier alpha value is 0. The third kappa shape index (κ3) is 6.04. The summed E-state index contributed by atoms with van der Waals surface area (Å²) in [6, 6.07) is 0. The summed E-state index contributed by atoms with van der Waals surface area (Å²) in [5.41, 5.74) is 0.679.